The summed E-state index contributed by atoms with van der Waals surface area (Å²) in [4.78, 5) is 12.4. The van der Waals surface area contributed by atoms with E-state index in [0.717, 1.165) is 31.2 Å². The van der Waals surface area contributed by atoms with Crippen molar-refractivity contribution >= 4 is 22.3 Å². The number of ether oxygens (including phenoxy) is 1. The number of nitrogens with two attached hydrogens (primary N) is 1. The highest BCUT2D eigenvalue weighted by molar-refractivity contribution is 7.14. The second-order valence-electron chi connectivity index (χ2n) is 6.30. The first kappa shape index (κ1) is 14.4. The molecule has 19 heavy (non-hydrogen) atoms. The highest BCUT2D eigenvalue weighted by atomic mass is 32.1. The molecule has 1 fully saturated rings. The molecule has 0 unspecified atom stereocenters. The number of esters is 1. The van der Waals surface area contributed by atoms with Crippen molar-refractivity contribution in [3.63, 3.8) is 0 Å². The number of hydrogen-bond acceptors (Lipinski definition) is 4. The fourth-order valence-corrected chi connectivity index (χ4v) is 3.56. The van der Waals surface area contributed by atoms with E-state index in [1.54, 1.807) is 0 Å². The standard InChI is InChI=1S/C15H23NO2S/c1-15(2,3)11-9-19-13(16)12(11)14(17)18-10-7-5-4-6-8-10/h9-10H,4-8,16H2,1-3H3. The van der Waals surface area contributed by atoms with Crippen molar-refractivity contribution in [2.75, 3.05) is 5.73 Å². The molecule has 1 aliphatic rings. The van der Waals surface area contributed by atoms with E-state index in [4.69, 9.17) is 10.5 Å². The van der Waals surface area contributed by atoms with E-state index in [1.165, 1.54) is 17.8 Å². The summed E-state index contributed by atoms with van der Waals surface area (Å²) in [5.41, 5.74) is 7.46. The number of rotatable bonds is 2. The number of nitrogen functional groups attached to an aromatic ring is 1. The van der Waals surface area contributed by atoms with E-state index in [1.807, 2.05) is 5.38 Å². The summed E-state index contributed by atoms with van der Waals surface area (Å²) in [5, 5.41) is 2.55. The molecule has 106 valence electrons. The van der Waals surface area contributed by atoms with E-state index in [9.17, 15) is 4.79 Å². The van der Waals surface area contributed by atoms with Crippen molar-refractivity contribution in [3.05, 3.63) is 16.5 Å². The lowest BCUT2D eigenvalue weighted by Gasteiger charge is -2.24. The van der Waals surface area contributed by atoms with Crippen LogP contribution in [0, 0.1) is 0 Å². The zero-order valence-corrected chi connectivity index (χ0v) is 12.8. The minimum absolute atomic E-state index is 0.0772. The Bertz CT molecular complexity index is 453. The fourth-order valence-electron chi connectivity index (χ4n) is 2.53. The van der Waals surface area contributed by atoms with Crippen LogP contribution in [0.5, 0.6) is 0 Å². The van der Waals surface area contributed by atoms with Gasteiger partial charge in [0.05, 0.1) is 5.56 Å². The quantitative estimate of drug-likeness (QED) is 0.830. The summed E-state index contributed by atoms with van der Waals surface area (Å²) < 4.78 is 5.64. The molecule has 1 saturated carbocycles. The summed E-state index contributed by atoms with van der Waals surface area (Å²) in [6.45, 7) is 6.27. The van der Waals surface area contributed by atoms with E-state index in [0.29, 0.717) is 10.6 Å². The van der Waals surface area contributed by atoms with E-state index in [-0.39, 0.29) is 17.5 Å². The molecule has 0 aromatic carbocycles. The zero-order valence-electron chi connectivity index (χ0n) is 12.0. The lowest BCUT2D eigenvalue weighted by molar-refractivity contribution is 0.0210. The van der Waals surface area contributed by atoms with E-state index >= 15 is 0 Å². The first-order valence-electron chi connectivity index (χ1n) is 6.98. The Hall–Kier alpha value is -1.03. The van der Waals surface area contributed by atoms with Crippen LogP contribution < -0.4 is 5.73 Å². The monoisotopic (exact) mass is 281 g/mol. The van der Waals surface area contributed by atoms with Crippen LogP contribution >= 0.6 is 11.3 Å². The number of thiophene rings is 1. The molecule has 0 aliphatic heterocycles. The maximum atomic E-state index is 12.4. The van der Waals surface area contributed by atoms with Crippen molar-refractivity contribution in [3.8, 4) is 0 Å². The maximum Gasteiger partial charge on any atom is 0.341 e. The van der Waals surface area contributed by atoms with Gasteiger partial charge in [0.2, 0.25) is 0 Å². The van der Waals surface area contributed by atoms with Crippen LogP contribution in [0.25, 0.3) is 0 Å². The van der Waals surface area contributed by atoms with Gasteiger partial charge in [-0.15, -0.1) is 11.3 Å². The molecule has 2 N–H and O–H groups in total. The van der Waals surface area contributed by atoms with Gasteiger partial charge in [0, 0.05) is 0 Å². The zero-order chi connectivity index (χ0) is 14.0. The normalized spacial score (nSPS) is 17.4. The Morgan fingerprint density at radius 2 is 1.95 bits per heavy atom. The van der Waals surface area contributed by atoms with Gasteiger partial charge in [0.25, 0.3) is 0 Å². The van der Waals surface area contributed by atoms with Crippen molar-refractivity contribution in [1.82, 2.24) is 0 Å². The van der Waals surface area contributed by atoms with Gasteiger partial charge in [-0.2, -0.15) is 0 Å². The van der Waals surface area contributed by atoms with Gasteiger partial charge < -0.3 is 10.5 Å². The van der Waals surface area contributed by atoms with Crippen LogP contribution in [-0.2, 0) is 10.2 Å². The molecule has 2 rings (SSSR count). The van der Waals surface area contributed by atoms with Gasteiger partial charge in [-0.3, -0.25) is 0 Å². The third-order valence-corrected chi connectivity index (χ3v) is 4.47. The van der Waals surface area contributed by atoms with Crippen LogP contribution in [0.15, 0.2) is 5.38 Å². The van der Waals surface area contributed by atoms with Crippen LogP contribution in [0.4, 0.5) is 5.00 Å². The summed E-state index contributed by atoms with van der Waals surface area (Å²) in [6.07, 6.45) is 5.61. The third-order valence-electron chi connectivity index (χ3n) is 3.66. The molecular formula is C15H23NO2S. The molecule has 0 saturated heterocycles. The van der Waals surface area contributed by atoms with Crippen molar-refractivity contribution in [2.45, 2.75) is 64.4 Å². The summed E-state index contributed by atoms with van der Waals surface area (Å²) >= 11 is 1.43. The van der Waals surface area contributed by atoms with Crippen LogP contribution in [0.2, 0.25) is 0 Å². The summed E-state index contributed by atoms with van der Waals surface area (Å²) in [7, 11) is 0. The topological polar surface area (TPSA) is 52.3 Å². The van der Waals surface area contributed by atoms with E-state index in [2.05, 4.69) is 20.8 Å². The van der Waals surface area contributed by atoms with Gasteiger partial charge in [-0.1, -0.05) is 27.2 Å². The van der Waals surface area contributed by atoms with Crippen molar-refractivity contribution in [2.24, 2.45) is 0 Å². The van der Waals surface area contributed by atoms with Crippen molar-refractivity contribution in [1.29, 1.82) is 0 Å². The van der Waals surface area contributed by atoms with Gasteiger partial charge in [0.1, 0.15) is 11.1 Å². The number of carbonyl (C=O) groups is 1. The molecule has 0 spiro atoms. The summed E-state index contributed by atoms with van der Waals surface area (Å²) in [6, 6.07) is 0. The van der Waals surface area contributed by atoms with Crippen LogP contribution in [-0.4, -0.2) is 12.1 Å². The fraction of sp³-hybridized carbons (Fsp3) is 0.667. The molecule has 0 amide bonds. The molecular weight excluding hydrogens is 258 g/mol. The Balaban J connectivity index is 2.16. The minimum atomic E-state index is -0.240. The average Bonchev–Trinajstić information content (AvgIpc) is 2.72. The third kappa shape index (κ3) is 3.30. The van der Waals surface area contributed by atoms with Crippen molar-refractivity contribution < 1.29 is 9.53 Å². The first-order chi connectivity index (χ1) is 8.89. The predicted octanol–water partition coefficient (Wildman–Crippen LogP) is 4.12. The Morgan fingerprint density at radius 1 is 1.32 bits per heavy atom. The molecule has 1 aromatic heterocycles. The summed E-state index contributed by atoms with van der Waals surface area (Å²) in [5.74, 6) is -0.240. The van der Waals surface area contributed by atoms with Gasteiger partial charge in [-0.25, -0.2) is 4.79 Å². The molecule has 1 aromatic rings. The molecule has 0 atom stereocenters. The SMILES string of the molecule is CC(C)(C)c1csc(N)c1C(=O)OC1CCCCC1. The highest BCUT2D eigenvalue weighted by Gasteiger charge is 2.28. The van der Waals surface area contributed by atoms with Crippen LogP contribution in [0.3, 0.4) is 0 Å². The Morgan fingerprint density at radius 3 is 2.53 bits per heavy atom. The van der Waals surface area contributed by atoms with Gasteiger partial charge >= 0.3 is 5.97 Å². The highest BCUT2D eigenvalue weighted by Crippen LogP contribution is 2.35. The molecule has 1 heterocycles. The first-order valence-corrected chi connectivity index (χ1v) is 7.86. The lowest BCUT2D eigenvalue weighted by Crippen LogP contribution is -2.23. The molecule has 3 nitrogen and oxygen atoms in total. The van der Waals surface area contributed by atoms with Gasteiger partial charge in [0.15, 0.2) is 0 Å². The second kappa shape index (κ2) is 5.53. The number of hydrogen-bond donors (Lipinski definition) is 1. The Kier molecular flexibility index (Phi) is 4.19. The minimum Gasteiger partial charge on any atom is -0.459 e. The lowest BCUT2D eigenvalue weighted by atomic mass is 9.86. The number of anilines is 1. The molecule has 0 bridgehead atoms. The molecule has 0 radical (unpaired) electrons. The molecule has 4 heteroatoms. The Labute approximate surface area is 119 Å². The van der Waals surface area contributed by atoms with Gasteiger partial charge in [-0.05, 0) is 42.0 Å². The predicted molar refractivity (Wildman–Crippen MR) is 79.7 cm³/mol. The van der Waals surface area contributed by atoms with Crippen LogP contribution in [0.1, 0.15) is 68.8 Å². The molecule has 1 aliphatic carbocycles. The largest absolute Gasteiger partial charge is 0.459 e. The second-order valence-corrected chi connectivity index (χ2v) is 7.22. The van der Waals surface area contributed by atoms with E-state index < -0.39 is 0 Å². The smallest absolute Gasteiger partial charge is 0.341 e. The maximum absolute atomic E-state index is 12.4. The average molecular weight is 281 g/mol. The number of carbonyl (C=O) groups excluding carboxylic acids is 1.